The van der Waals surface area contributed by atoms with Gasteiger partial charge in [-0.05, 0) is 16.0 Å². The number of nitrogens with zero attached hydrogens (tertiary/aromatic N) is 6. The lowest BCUT2D eigenvalue weighted by atomic mass is 10.1. The molecule has 1 amide bonds. The summed E-state index contributed by atoms with van der Waals surface area (Å²) in [4.78, 5) is 12.7. The average molecular weight is 329 g/mol. The zero-order valence-corrected chi connectivity index (χ0v) is 13.4. The number of hydrogen-bond acceptors (Lipinski definition) is 7. The highest BCUT2D eigenvalue weighted by atomic mass is 32.1. The molecule has 0 aliphatic rings. The average Bonchev–Trinajstić information content (AvgIpc) is 3.20. The molecule has 2 heterocycles. The highest BCUT2D eigenvalue weighted by Crippen LogP contribution is 2.24. The van der Waals surface area contributed by atoms with Crippen molar-refractivity contribution in [3.05, 3.63) is 47.2 Å². The van der Waals surface area contributed by atoms with Gasteiger partial charge in [-0.15, -0.1) is 15.3 Å². The van der Waals surface area contributed by atoms with Gasteiger partial charge in [-0.3, -0.25) is 10.1 Å². The first-order chi connectivity index (χ1) is 11.1. The second-order valence-electron chi connectivity index (χ2n) is 5.19. The van der Waals surface area contributed by atoms with Crippen molar-refractivity contribution in [3.8, 4) is 0 Å². The van der Waals surface area contributed by atoms with Gasteiger partial charge in [0.25, 0.3) is 5.91 Å². The fourth-order valence-corrected chi connectivity index (χ4v) is 2.79. The molecular formula is C14H15N7OS. The van der Waals surface area contributed by atoms with Gasteiger partial charge in [0, 0.05) is 5.92 Å². The number of rotatable bonds is 5. The summed E-state index contributed by atoms with van der Waals surface area (Å²) in [6.07, 6.45) is 1.41. The predicted molar refractivity (Wildman–Crippen MR) is 85.0 cm³/mol. The minimum Gasteiger partial charge on any atom is -0.298 e. The number of amides is 1. The Kier molecular flexibility index (Phi) is 4.38. The number of carbonyl (C=O) groups is 1. The van der Waals surface area contributed by atoms with Crippen molar-refractivity contribution in [1.29, 1.82) is 0 Å². The topological polar surface area (TPSA) is 98.5 Å². The molecule has 0 fully saturated rings. The molecule has 1 atom stereocenters. The first kappa shape index (κ1) is 15.2. The second kappa shape index (κ2) is 6.61. The molecule has 23 heavy (non-hydrogen) atoms. The molecule has 118 valence electrons. The Hall–Kier alpha value is -2.68. The van der Waals surface area contributed by atoms with Gasteiger partial charge < -0.3 is 0 Å². The number of tetrazole rings is 1. The third-order valence-electron chi connectivity index (χ3n) is 3.16. The van der Waals surface area contributed by atoms with E-state index in [2.05, 4.69) is 31.0 Å². The summed E-state index contributed by atoms with van der Waals surface area (Å²) >= 11 is 1.36. The van der Waals surface area contributed by atoms with Crippen molar-refractivity contribution in [2.75, 3.05) is 5.32 Å². The van der Waals surface area contributed by atoms with E-state index in [-0.39, 0.29) is 11.8 Å². The van der Waals surface area contributed by atoms with Crippen LogP contribution in [0.4, 0.5) is 5.13 Å². The highest BCUT2D eigenvalue weighted by molar-refractivity contribution is 7.15. The second-order valence-corrected chi connectivity index (χ2v) is 6.20. The summed E-state index contributed by atoms with van der Waals surface area (Å²) in [5, 5.41) is 23.3. The van der Waals surface area contributed by atoms with E-state index in [4.69, 9.17) is 0 Å². The molecule has 0 bridgehead atoms. The first-order valence-corrected chi connectivity index (χ1v) is 7.88. The van der Waals surface area contributed by atoms with Crippen LogP contribution in [0.1, 0.15) is 36.4 Å². The van der Waals surface area contributed by atoms with Crippen LogP contribution in [0.15, 0.2) is 36.7 Å². The lowest BCUT2D eigenvalue weighted by Crippen LogP contribution is -2.27. The van der Waals surface area contributed by atoms with E-state index in [0.29, 0.717) is 5.13 Å². The maximum Gasteiger partial charge on any atom is 0.255 e. The van der Waals surface area contributed by atoms with Crippen molar-refractivity contribution in [2.45, 2.75) is 25.8 Å². The fraction of sp³-hybridized carbons (Fsp3) is 0.286. The monoisotopic (exact) mass is 329 g/mol. The lowest BCUT2D eigenvalue weighted by Gasteiger charge is -2.15. The van der Waals surface area contributed by atoms with E-state index in [1.54, 1.807) is 0 Å². The summed E-state index contributed by atoms with van der Waals surface area (Å²) in [5.41, 5.74) is 0.783. The molecule has 0 unspecified atom stereocenters. The SMILES string of the molecule is CC(C)c1nnc(NC(=O)[C@H](c2ccccc2)n2cnnn2)s1. The summed E-state index contributed by atoms with van der Waals surface area (Å²) in [6, 6.07) is 8.65. The van der Waals surface area contributed by atoms with Gasteiger partial charge >= 0.3 is 0 Å². The molecule has 0 aliphatic heterocycles. The van der Waals surface area contributed by atoms with Crippen molar-refractivity contribution in [1.82, 2.24) is 30.4 Å². The number of benzene rings is 1. The van der Waals surface area contributed by atoms with Crippen LogP contribution in [0.25, 0.3) is 0 Å². The molecule has 3 aromatic rings. The zero-order chi connectivity index (χ0) is 16.2. The standard InChI is InChI=1S/C14H15N7OS/c1-9(2)13-17-18-14(23-13)16-12(22)11(21-8-15-19-20-21)10-6-4-3-5-7-10/h3-9,11H,1-2H3,(H,16,18,22)/t11-/m0/s1. The molecule has 0 spiro atoms. The maximum absolute atomic E-state index is 12.7. The molecule has 8 nitrogen and oxygen atoms in total. The fourth-order valence-electron chi connectivity index (χ4n) is 2.04. The normalized spacial score (nSPS) is 12.3. The zero-order valence-electron chi connectivity index (χ0n) is 12.6. The summed E-state index contributed by atoms with van der Waals surface area (Å²) in [5.74, 6) is -0.00227. The van der Waals surface area contributed by atoms with E-state index in [1.807, 2.05) is 44.2 Å². The summed E-state index contributed by atoms with van der Waals surface area (Å²) < 4.78 is 1.41. The third-order valence-corrected chi connectivity index (χ3v) is 4.30. The van der Waals surface area contributed by atoms with Gasteiger partial charge in [-0.1, -0.05) is 55.5 Å². The van der Waals surface area contributed by atoms with Crippen molar-refractivity contribution in [2.24, 2.45) is 0 Å². The minimum absolute atomic E-state index is 0.266. The highest BCUT2D eigenvalue weighted by Gasteiger charge is 2.25. The molecule has 0 saturated heterocycles. The Morgan fingerprint density at radius 1 is 1.22 bits per heavy atom. The lowest BCUT2D eigenvalue weighted by molar-refractivity contribution is -0.118. The van der Waals surface area contributed by atoms with E-state index in [1.165, 1.54) is 22.3 Å². The van der Waals surface area contributed by atoms with E-state index >= 15 is 0 Å². The number of nitrogens with one attached hydrogen (secondary N) is 1. The van der Waals surface area contributed by atoms with E-state index < -0.39 is 6.04 Å². The maximum atomic E-state index is 12.7. The number of anilines is 1. The van der Waals surface area contributed by atoms with E-state index in [0.717, 1.165) is 10.6 Å². The van der Waals surface area contributed by atoms with Gasteiger partial charge in [-0.2, -0.15) is 0 Å². The molecule has 1 N–H and O–H groups in total. The van der Waals surface area contributed by atoms with Gasteiger partial charge in [0.1, 0.15) is 11.3 Å². The molecule has 0 saturated carbocycles. The number of carbonyl (C=O) groups excluding carboxylic acids is 1. The van der Waals surface area contributed by atoms with Crippen LogP contribution < -0.4 is 5.32 Å². The van der Waals surface area contributed by atoms with Crippen LogP contribution in [-0.2, 0) is 4.79 Å². The van der Waals surface area contributed by atoms with Crippen molar-refractivity contribution in [3.63, 3.8) is 0 Å². The molecule has 0 radical (unpaired) electrons. The molecule has 3 rings (SSSR count). The summed E-state index contributed by atoms with van der Waals surface area (Å²) in [7, 11) is 0. The van der Waals surface area contributed by atoms with Crippen LogP contribution in [0.2, 0.25) is 0 Å². The van der Waals surface area contributed by atoms with Crippen LogP contribution in [-0.4, -0.2) is 36.3 Å². The van der Waals surface area contributed by atoms with Gasteiger partial charge in [-0.25, -0.2) is 4.68 Å². The molecular weight excluding hydrogens is 314 g/mol. The Morgan fingerprint density at radius 2 is 2.00 bits per heavy atom. The van der Waals surface area contributed by atoms with Gasteiger partial charge in [0.2, 0.25) is 5.13 Å². The Labute approximate surface area is 136 Å². The number of hydrogen-bond donors (Lipinski definition) is 1. The third kappa shape index (κ3) is 3.39. The van der Waals surface area contributed by atoms with Crippen LogP contribution >= 0.6 is 11.3 Å². The van der Waals surface area contributed by atoms with Crippen molar-refractivity contribution >= 4 is 22.4 Å². The van der Waals surface area contributed by atoms with Gasteiger partial charge in [0.05, 0.1) is 0 Å². The Balaban J connectivity index is 1.86. The van der Waals surface area contributed by atoms with Gasteiger partial charge in [0.15, 0.2) is 6.04 Å². The Morgan fingerprint density at radius 3 is 2.61 bits per heavy atom. The molecule has 2 aromatic heterocycles. The summed E-state index contributed by atoms with van der Waals surface area (Å²) in [6.45, 7) is 4.06. The van der Waals surface area contributed by atoms with Crippen molar-refractivity contribution < 1.29 is 4.79 Å². The van der Waals surface area contributed by atoms with Crippen LogP contribution in [0.5, 0.6) is 0 Å². The smallest absolute Gasteiger partial charge is 0.255 e. The number of aromatic nitrogens is 6. The minimum atomic E-state index is -0.669. The molecule has 0 aliphatic carbocycles. The van der Waals surface area contributed by atoms with Crippen LogP contribution in [0, 0.1) is 0 Å². The largest absolute Gasteiger partial charge is 0.298 e. The quantitative estimate of drug-likeness (QED) is 0.767. The van der Waals surface area contributed by atoms with E-state index in [9.17, 15) is 4.79 Å². The molecule has 9 heteroatoms. The predicted octanol–water partition coefficient (Wildman–Crippen LogP) is 1.88. The van der Waals surface area contributed by atoms with Crippen LogP contribution in [0.3, 0.4) is 0 Å². The first-order valence-electron chi connectivity index (χ1n) is 7.07. The Bertz CT molecular complexity index is 770. The molecule has 1 aromatic carbocycles.